The predicted octanol–water partition coefficient (Wildman–Crippen LogP) is 10.2. The van der Waals surface area contributed by atoms with Crippen LogP contribution in [0.5, 0.6) is 23.0 Å². The van der Waals surface area contributed by atoms with E-state index in [9.17, 15) is 56.3 Å². The van der Waals surface area contributed by atoms with Gasteiger partial charge in [-0.05, 0) is 93.4 Å². The number of rotatable bonds is 18. The van der Waals surface area contributed by atoms with E-state index in [4.69, 9.17) is 16.3 Å². The molecule has 6 N–H and O–H groups in total. The number of phenolic OH excluding ortho intramolecular Hbond substituents is 2. The minimum absolute atomic E-state index is 0.00504. The van der Waals surface area contributed by atoms with Gasteiger partial charge in [-0.2, -0.15) is 5.10 Å². The summed E-state index contributed by atoms with van der Waals surface area (Å²) >= 11 is 6.24. The van der Waals surface area contributed by atoms with Gasteiger partial charge in [-0.25, -0.2) is 21.5 Å². The zero-order valence-electron chi connectivity index (χ0n) is 43.0. The summed E-state index contributed by atoms with van der Waals surface area (Å²) in [4.78, 5) is 66.3. The molecule has 0 bridgehead atoms. The third kappa shape index (κ3) is 14.0. The van der Waals surface area contributed by atoms with Crippen LogP contribution in [-0.2, 0) is 29.3 Å². The van der Waals surface area contributed by atoms with Crippen molar-refractivity contribution in [2.75, 3.05) is 21.3 Å². The number of ether oxygens (including phenoxy) is 1. The molecule has 2 unspecified atom stereocenters. The maximum atomic E-state index is 13.5. The average Bonchev–Trinajstić information content (AvgIpc) is 3.94. The van der Waals surface area contributed by atoms with Gasteiger partial charge >= 0.3 is 0 Å². The van der Waals surface area contributed by atoms with Crippen LogP contribution in [0.15, 0.2) is 174 Å². The predicted molar refractivity (Wildman–Crippen MR) is 300 cm³/mol. The fraction of sp³-hybridized carbons (Fsp3) is 0.143. The van der Waals surface area contributed by atoms with Crippen molar-refractivity contribution in [2.24, 2.45) is 0 Å². The van der Waals surface area contributed by atoms with E-state index in [0.717, 1.165) is 29.1 Å². The number of nitrogens with one attached hydrogen (secondary N) is 4. The van der Waals surface area contributed by atoms with Crippen molar-refractivity contribution in [3.63, 3.8) is 0 Å². The smallest absolute Gasteiger partial charge is 0.269 e. The third-order valence-corrected chi connectivity index (χ3v) is 16.8. The van der Waals surface area contributed by atoms with Crippen LogP contribution in [0.3, 0.4) is 0 Å². The number of non-ortho nitro benzene ring substituents is 1. The summed E-state index contributed by atoms with van der Waals surface area (Å²) in [6, 6.07) is 36.0. The highest BCUT2D eigenvalue weighted by atomic mass is 35.5. The molecule has 8 aromatic rings. The summed E-state index contributed by atoms with van der Waals surface area (Å²) in [7, 11) is -8.03. The molecule has 2 heterocycles. The van der Waals surface area contributed by atoms with Crippen LogP contribution in [0, 0.1) is 24.0 Å². The number of carbonyl (C=O) groups excluding carboxylic acids is 4. The van der Waals surface area contributed by atoms with Crippen LogP contribution in [0.25, 0.3) is 5.69 Å². The van der Waals surface area contributed by atoms with Gasteiger partial charge in [-0.15, -0.1) is 0 Å². The number of aromatic nitrogens is 3. The summed E-state index contributed by atoms with van der Waals surface area (Å²) in [6.45, 7) is 6.74. The molecule has 2 aromatic heterocycles. The van der Waals surface area contributed by atoms with Crippen LogP contribution >= 0.6 is 11.6 Å². The maximum absolute atomic E-state index is 13.5. The van der Waals surface area contributed by atoms with E-state index in [-0.39, 0.29) is 84.5 Å². The number of hydrogen-bond acceptors (Lipinski definition) is 15. The van der Waals surface area contributed by atoms with Crippen molar-refractivity contribution in [3.8, 4) is 28.7 Å². The quantitative estimate of drug-likeness (QED) is 0.0264. The van der Waals surface area contributed by atoms with Gasteiger partial charge in [-0.3, -0.25) is 34.3 Å². The summed E-state index contributed by atoms with van der Waals surface area (Å²) in [5.74, 6) is -3.59. The Hall–Kier alpha value is -9.45. The van der Waals surface area contributed by atoms with Gasteiger partial charge in [0.1, 0.15) is 27.7 Å². The molecule has 80 heavy (non-hydrogen) atoms. The van der Waals surface area contributed by atoms with Crippen molar-refractivity contribution in [3.05, 3.63) is 202 Å². The van der Waals surface area contributed by atoms with Gasteiger partial charge in [0, 0.05) is 48.4 Å². The monoisotopic (exact) mass is 1140 g/mol. The highest BCUT2D eigenvalue weighted by Crippen LogP contribution is 2.40. The number of halogens is 1. The van der Waals surface area contributed by atoms with Crippen LogP contribution in [0.1, 0.15) is 58.7 Å². The number of hydrogen-bond donors (Lipinski definition) is 6. The molecule has 21 nitrogen and oxygen atoms in total. The Bertz CT molecular complexity index is 3810. The molecule has 2 atom stereocenters. The molecular formula is C56H51ClN8O13S2. The number of aromatic hydroxyl groups is 2. The van der Waals surface area contributed by atoms with Crippen LogP contribution in [-0.4, -0.2) is 80.9 Å². The fourth-order valence-corrected chi connectivity index (χ4v) is 11.2. The van der Waals surface area contributed by atoms with Crippen LogP contribution < -0.4 is 26.0 Å². The van der Waals surface area contributed by atoms with Gasteiger partial charge in [-0.1, -0.05) is 79.5 Å². The Balaban J connectivity index is 0.000000246. The van der Waals surface area contributed by atoms with E-state index >= 15 is 0 Å². The first-order valence-corrected chi connectivity index (χ1v) is 27.7. The highest BCUT2D eigenvalue weighted by molar-refractivity contribution is 7.93. The lowest BCUT2D eigenvalue weighted by atomic mass is 10.2. The molecule has 412 valence electrons. The standard InChI is InChI=1S/C33H29N5O8S.C23H22ClN3O5S/c1-3-31(47(44,45)26-15-9-21(2)10-16-26)33(41)36-28-17-29(39)27(18-30(28)46-25-13-11-24(12-14-25)38(42)43)35-32(40)22-19-34-37(20-22)23-7-5-4-6-8-23;1-3-21(33(31,32)16-7-5-4-6-8-16)23(30)26-18-12-20(28)19(11-17(18)24)27-22(29)15-10-9-14(2)25-13-15/h4-20,31,39H,3H2,1-2H3,(H,35,40)(H,36,41);4-13,21,28H,3H2,1-2H3,(H,26,30)(H,27,29). The number of para-hydroxylation sites is 1. The third-order valence-electron chi connectivity index (χ3n) is 12.0. The summed E-state index contributed by atoms with van der Waals surface area (Å²) < 4.78 is 60.0. The average molecular weight is 1140 g/mol. The molecule has 8 rings (SSSR count). The molecule has 0 radical (unpaired) electrons. The largest absolute Gasteiger partial charge is 0.506 e. The minimum Gasteiger partial charge on any atom is -0.506 e. The second kappa shape index (κ2) is 25.3. The first-order chi connectivity index (χ1) is 38.1. The molecule has 0 saturated heterocycles. The molecule has 0 aliphatic carbocycles. The van der Waals surface area contributed by atoms with E-state index in [1.807, 2.05) is 37.3 Å². The van der Waals surface area contributed by atoms with Gasteiger partial charge in [0.25, 0.3) is 17.5 Å². The molecule has 0 fully saturated rings. The number of phenols is 2. The Kier molecular flexibility index (Phi) is 18.5. The molecule has 0 aliphatic rings. The summed E-state index contributed by atoms with van der Waals surface area (Å²) in [5.41, 5.74) is 2.41. The lowest BCUT2D eigenvalue weighted by Gasteiger charge is -2.19. The SMILES string of the molecule is CCC(C(=O)Nc1cc(O)c(NC(=O)c2ccc(C)nc2)cc1Cl)S(=O)(=O)c1ccccc1.CCC(C(=O)Nc1cc(O)c(NC(=O)c2cnn(-c3ccccc3)c2)cc1Oc1ccc([N+](=O)[O-])cc1)S(=O)(=O)c1ccc(C)cc1. The van der Waals surface area contributed by atoms with Crippen molar-refractivity contribution in [1.29, 1.82) is 0 Å². The molecule has 0 spiro atoms. The van der Waals surface area contributed by atoms with Crippen molar-refractivity contribution in [1.82, 2.24) is 14.8 Å². The number of amides is 4. The zero-order chi connectivity index (χ0) is 57.9. The van der Waals surface area contributed by atoms with Crippen molar-refractivity contribution < 1.29 is 55.9 Å². The zero-order valence-corrected chi connectivity index (χ0v) is 45.4. The minimum atomic E-state index is -4.10. The number of carbonyl (C=O) groups is 4. The first kappa shape index (κ1) is 58.2. The number of benzene rings is 6. The van der Waals surface area contributed by atoms with E-state index in [2.05, 4.69) is 31.3 Å². The molecule has 6 aromatic carbocycles. The van der Waals surface area contributed by atoms with Gasteiger partial charge in [0.15, 0.2) is 25.4 Å². The van der Waals surface area contributed by atoms with Gasteiger partial charge in [0.05, 0.1) is 65.5 Å². The lowest BCUT2D eigenvalue weighted by molar-refractivity contribution is -0.384. The Morgan fingerprint density at radius 3 is 1.71 bits per heavy atom. The normalized spacial score (nSPS) is 11.9. The van der Waals surface area contributed by atoms with E-state index in [1.54, 1.807) is 63.2 Å². The Morgan fingerprint density at radius 2 is 1.16 bits per heavy atom. The maximum Gasteiger partial charge on any atom is 0.269 e. The number of nitro groups is 1. The van der Waals surface area contributed by atoms with Gasteiger partial charge in [0.2, 0.25) is 11.8 Å². The van der Waals surface area contributed by atoms with E-state index in [1.165, 1.54) is 83.9 Å². The second-order valence-corrected chi connectivity index (χ2v) is 22.3. The number of nitrogens with zero attached hydrogens (tertiary/aromatic N) is 4. The molecular weight excluding hydrogens is 1090 g/mol. The summed E-state index contributed by atoms with van der Waals surface area (Å²) in [6.07, 6.45) is 4.23. The fourth-order valence-electron chi connectivity index (χ4n) is 7.71. The van der Waals surface area contributed by atoms with Crippen molar-refractivity contribution >= 4 is 83.3 Å². The van der Waals surface area contributed by atoms with Crippen LogP contribution in [0.4, 0.5) is 28.4 Å². The summed E-state index contributed by atoms with van der Waals surface area (Å²) in [5, 5.41) is 43.8. The molecule has 24 heteroatoms. The highest BCUT2D eigenvalue weighted by Gasteiger charge is 2.35. The number of nitro benzene ring substituents is 1. The van der Waals surface area contributed by atoms with E-state index < -0.39 is 64.5 Å². The Morgan fingerprint density at radius 1 is 0.637 bits per heavy atom. The van der Waals surface area contributed by atoms with Crippen LogP contribution in [0.2, 0.25) is 5.02 Å². The van der Waals surface area contributed by atoms with Gasteiger partial charge < -0.3 is 36.2 Å². The molecule has 0 aliphatic heterocycles. The number of aryl methyl sites for hydroxylation is 2. The number of anilines is 4. The molecule has 4 amide bonds. The number of sulfone groups is 2. The van der Waals surface area contributed by atoms with E-state index in [0.29, 0.717) is 0 Å². The molecule has 0 saturated carbocycles. The lowest BCUT2D eigenvalue weighted by Crippen LogP contribution is -2.34. The number of pyridine rings is 1. The topological polar surface area (TPSA) is 308 Å². The second-order valence-electron chi connectivity index (χ2n) is 17.7. The Labute approximate surface area is 464 Å². The van der Waals surface area contributed by atoms with Crippen molar-refractivity contribution in [2.45, 2.75) is 60.8 Å². The first-order valence-electron chi connectivity index (χ1n) is 24.3.